The highest BCUT2D eigenvalue weighted by molar-refractivity contribution is 8.04. The molecule has 4 rings (SSSR count). The standard InChI is InChI=1S/C24H18FNO4S/c1-29-19-13-12-17(14-20(19)30-2)26-23(27)21(15-8-10-16(25)11-9-15)22(24(26)28)31-18-6-4-3-5-7-18/h3-14H,1-2H3. The van der Waals surface area contributed by atoms with Gasteiger partial charge in [-0.25, -0.2) is 9.29 Å². The fourth-order valence-electron chi connectivity index (χ4n) is 3.28. The highest BCUT2D eigenvalue weighted by Gasteiger charge is 2.40. The Morgan fingerprint density at radius 3 is 2.13 bits per heavy atom. The van der Waals surface area contributed by atoms with Crippen LogP contribution in [0.3, 0.4) is 0 Å². The summed E-state index contributed by atoms with van der Waals surface area (Å²) in [5.41, 5.74) is 1.06. The number of hydrogen-bond donors (Lipinski definition) is 0. The maximum atomic E-state index is 13.5. The van der Waals surface area contributed by atoms with Gasteiger partial charge in [-0.3, -0.25) is 9.59 Å². The van der Waals surface area contributed by atoms with Crippen molar-refractivity contribution in [3.8, 4) is 11.5 Å². The number of anilines is 1. The van der Waals surface area contributed by atoms with Crippen molar-refractivity contribution in [1.82, 2.24) is 0 Å². The zero-order valence-electron chi connectivity index (χ0n) is 16.8. The molecule has 0 aliphatic carbocycles. The number of methoxy groups -OCH3 is 2. The molecule has 0 saturated heterocycles. The summed E-state index contributed by atoms with van der Waals surface area (Å²) in [6.07, 6.45) is 0. The minimum Gasteiger partial charge on any atom is -0.493 e. The van der Waals surface area contributed by atoms with Gasteiger partial charge in [0, 0.05) is 11.0 Å². The predicted octanol–water partition coefficient (Wildman–Crippen LogP) is 4.92. The molecule has 0 saturated carbocycles. The van der Waals surface area contributed by atoms with Crippen LogP contribution in [-0.2, 0) is 9.59 Å². The normalized spacial score (nSPS) is 13.7. The molecule has 2 amide bonds. The number of benzene rings is 3. The minimum absolute atomic E-state index is 0.230. The molecule has 0 N–H and O–H groups in total. The maximum absolute atomic E-state index is 13.5. The van der Waals surface area contributed by atoms with Crippen LogP contribution in [0.5, 0.6) is 11.5 Å². The summed E-state index contributed by atoms with van der Waals surface area (Å²) >= 11 is 1.20. The van der Waals surface area contributed by atoms with Gasteiger partial charge in [-0.15, -0.1) is 0 Å². The van der Waals surface area contributed by atoms with Gasteiger partial charge in [0.25, 0.3) is 11.8 Å². The summed E-state index contributed by atoms with van der Waals surface area (Å²) in [7, 11) is 2.99. The van der Waals surface area contributed by atoms with Crippen LogP contribution >= 0.6 is 11.8 Å². The summed E-state index contributed by atoms with van der Waals surface area (Å²) in [4.78, 5) is 29.0. The number of amides is 2. The Labute approximate surface area is 183 Å². The number of ether oxygens (including phenoxy) is 2. The molecule has 5 nitrogen and oxygen atoms in total. The van der Waals surface area contributed by atoms with Crippen LogP contribution in [0.25, 0.3) is 5.57 Å². The van der Waals surface area contributed by atoms with Crippen molar-refractivity contribution in [2.45, 2.75) is 4.90 Å². The van der Waals surface area contributed by atoms with Crippen LogP contribution in [0.1, 0.15) is 5.56 Å². The molecule has 1 aliphatic rings. The summed E-state index contributed by atoms with van der Waals surface area (Å²) in [5, 5.41) is 0. The molecule has 31 heavy (non-hydrogen) atoms. The lowest BCUT2D eigenvalue weighted by Crippen LogP contribution is -2.31. The lowest BCUT2D eigenvalue weighted by atomic mass is 10.1. The van der Waals surface area contributed by atoms with E-state index in [4.69, 9.17) is 9.47 Å². The lowest BCUT2D eigenvalue weighted by molar-refractivity contribution is -0.119. The van der Waals surface area contributed by atoms with Crippen molar-refractivity contribution in [2.24, 2.45) is 0 Å². The molecule has 0 fully saturated rings. The fourth-order valence-corrected chi connectivity index (χ4v) is 4.30. The molecular weight excluding hydrogens is 417 g/mol. The lowest BCUT2D eigenvalue weighted by Gasteiger charge is -2.17. The van der Waals surface area contributed by atoms with E-state index in [1.807, 2.05) is 30.3 Å². The molecule has 0 aromatic heterocycles. The molecule has 1 aliphatic heterocycles. The second kappa shape index (κ2) is 8.65. The molecule has 1 heterocycles. The van der Waals surface area contributed by atoms with Crippen LogP contribution in [0, 0.1) is 5.82 Å². The molecule has 0 radical (unpaired) electrons. The first kappa shape index (κ1) is 20.7. The van der Waals surface area contributed by atoms with Gasteiger partial charge in [-0.05, 0) is 42.0 Å². The summed E-state index contributed by atoms with van der Waals surface area (Å²) in [6, 6.07) is 19.7. The highest BCUT2D eigenvalue weighted by Crippen LogP contribution is 2.42. The van der Waals surface area contributed by atoms with Crippen LogP contribution in [0.4, 0.5) is 10.1 Å². The average Bonchev–Trinajstić information content (AvgIpc) is 3.04. The Kier molecular flexibility index (Phi) is 5.77. The molecule has 3 aromatic carbocycles. The maximum Gasteiger partial charge on any atom is 0.272 e. The van der Waals surface area contributed by atoms with Crippen molar-refractivity contribution < 1.29 is 23.5 Å². The van der Waals surface area contributed by atoms with Crippen molar-refractivity contribution in [3.63, 3.8) is 0 Å². The fraction of sp³-hybridized carbons (Fsp3) is 0.0833. The molecule has 0 spiro atoms. The van der Waals surface area contributed by atoms with Crippen molar-refractivity contribution in [3.05, 3.63) is 89.1 Å². The number of carbonyl (C=O) groups excluding carboxylic acids is 2. The molecule has 156 valence electrons. The highest BCUT2D eigenvalue weighted by atomic mass is 32.2. The van der Waals surface area contributed by atoms with E-state index in [9.17, 15) is 14.0 Å². The van der Waals surface area contributed by atoms with Gasteiger partial charge >= 0.3 is 0 Å². The van der Waals surface area contributed by atoms with E-state index >= 15 is 0 Å². The topological polar surface area (TPSA) is 55.8 Å². The van der Waals surface area contributed by atoms with E-state index < -0.39 is 17.6 Å². The summed E-state index contributed by atoms with van der Waals surface area (Å²) in [5.74, 6) is -0.480. The number of thioether (sulfide) groups is 1. The first-order valence-electron chi connectivity index (χ1n) is 9.37. The number of halogens is 1. The number of hydrogen-bond acceptors (Lipinski definition) is 5. The van der Waals surface area contributed by atoms with Crippen LogP contribution in [0.15, 0.2) is 82.6 Å². The third kappa shape index (κ3) is 3.92. The third-order valence-electron chi connectivity index (χ3n) is 4.76. The van der Waals surface area contributed by atoms with Crippen LogP contribution < -0.4 is 14.4 Å². The zero-order valence-corrected chi connectivity index (χ0v) is 17.6. The second-order valence-corrected chi connectivity index (χ2v) is 7.69. The molecule has 3 aromatic rings. The van der Waals surface area contributed by atoms with E-state index in [1.54, 1.807) is 18.2 Å². The molecule has 0 bridgehead atoms. The van der Waals surface area contributed by atoms with Crippen molar-refractivity contribution in [2.75, 3.05) is 19.1 Å². The second-order valence-electron chi connectivity index (χ2n) is 6.61. The zero-order chi connectivity index (χ0) is 22.0. The van der Waals surface area contributed by atoms with Gasteiger partial charge in [0.1, 0.15) is 5.82 Å². The number of nitrogens with zero attached hydrogens (tertiary/aromatic N) is 1. The SMILES string of the molecule is COc1ccc(N2C(=O)C(Sc3ccccc3)=C(c3ccc(F)cc3)C2=O)cc1OC. The Morgan fingerprint density at radius 2 is 1.48 bits per heavy atom. The quantitative estimate of drug-likeness (QED) is 0.515. The first-order valence-corrected chi connectivity index (χ1v) is 10.2. The van der Waals surface area contributed by atoms with Gasteiger partial charge in [-0.2, -0.15) is 0 Å². The summed E-state index contributed by atoms with van der Waals surface area (Å²) in [6.45, 7) is 0. The first-order chi connectivity index (χ1) is 15.0. The molecule has 7 heteroatoms. The smallest absolute Gasteiger partial charge is 0.272 e. The van der Waals surface area contributed by atoms with Crippen LogP contribution in [0.2, 0.25) is 0 Å². The number of carbonyl (C=O) groups is 2. The van der Waals surface area contributed by atoms with Gasteiger partial charge in [0.05, 0.1) is 30.4 Å². The third-order valence-corrected chi connectivity index (χ3v) is 5.85. The minimum atomic E-state index is -0.484. The van der Waals surface area contributed by atoms with E-state index in [0.29, 0.717) is 22.7 Å². The van der Waals surface area contributed by atoms with Gasteiger partial charge in [0.2, 0.25) is 0 Å². The Bertz CT molecular complexity index is 1180. The van der Waals surface area contributed by atoms with Crippen molar-refractivity contribution in [1.29, 1.82) is 0 Å². The Hall–Kier alpha value is -3.58. The van der Waals surface area contributed by atoms with E-state index in [-0.39, 0.29) is 10.5 Å². The Balaban J connectivity index is 1.81. The molecular formula is C24H18FNO4S. The van der Waals surface area contributed by atoms with Gasteiger partial charge in [0.15, 0.2) is 11.5 Å². The average molecular weight is 435 g/mol. The Morgan fingerprint density at radius 1 is 0.806 bits per heavy atom. The monoisotopic (exact) mass is 435 g/mol. The molecule has 0 atom stereocenters. The summed E-state index contributed by atoms with van der Waals surface area (Å²) < 4.78 is 24.0. The van der Waals surface area contributed by atoms with E-state index in [2.05, 4.69) is 0 Å². The van der Waals surface area contributed by atoms with Gasteiger partial charge < -0.3 is 9.47 Å². The van der Waals surface area contributed by atoms with Crippen molar-refractivity contribution >= 4 is 34.8 Å². The molecule has 0 unspecified atom stereocenters. The van der Waals surface area contributed by atoms with Crippen LogP contribution in [-0.4, -0.2) is 26.0 Å². The number of imide groups is 1. The van der Waals surface area contributed by atoms with Gasteiger partial charge in [-0.1, -0.05) is 42.1 Å². The van der Waals surface area contributed by atoms with E-state index in [0.717, 1.165) is 9.80 Å². The predicted molar refractivity (Wildman–Crippen MR) is 118 cm³/mol. The number of rotatable bonds is 6. The largest absolute Gasteiger partial charge is 0.493 e. The van der Waals surface area contributed by atoms with E-state index in [1.165, 1.54) is 50.2 Å².